The molecular formula is C27H35FN2O. The summed E-state index contributed by atoms with van der Waals surface area (Å²) in [6, 6.07) is 17.1. The molecule has 2 aromatic carbocycles. The molecule has 2 aliphatic rings. The summed E-state index contributed by atoms with van der Waals surface area (Å²) in [5.41, 5.74) is 1.72. The first-order chi connectivity index (χ1) is 15.0. The molecule has 1 saturated heterocycles. The molecule has 3 nitrogen and oxygen atoms in total. The third kappa shape index (κ3) is 5.43. The van der Waals surface area contributed by atoms with E-state index in [0.717, 1.165) is 69.5 Å². The van der Waals surface area contributed by atoms with Crippen molar-refractivity contribution in [1.82, 2.24) is 9.80 Å². The van der Waals surface area contributed by atoms with Crippen molar-refractivity contribution in [3.63, 3.8) is 0 Å². The molecular weight excluding hydrogens is 387 g/mol. The Morgan fingerprint density at radius 2 is 1.71 bits per heavy atom. The minimum Gasteiger partial charge on any atom is -0.385 e. The zero-order valence-electron chi connectivity index (χ0n) is 18.6. The van der Waals surface area contributed by atoms with Crippen molar-refractivity contribution < 1.29 is 9.50 Å². The highest BCUT2D eigenvalue weighted by Crippen LogP contribution is 2.41. The first kappa shape index (κ1) is 22.2. The maximum atomic E-state index is 14.7. The van der Waals surface area contributed by atoms with Gasteiger partial charge in [-0.3, -0.25) is 0 Å². The van der Waals surface area contributed by atoms with Gasteiger partial charge in [-0.25, -0.2) is 4.39 Å². The normalized spacial score (nSPS) is 27.3. The monoisotopic (exact) mass is 422 g/mol. The van der Waals surface area contributed by atoms with Gasteiger partial charge < -0.3 is 14.9 Å². The molecule has 0 bridgehead atoms. The maximum Gasteiger partial charge on any atom is 0.126 e. The third-order valence-corrected chi connectivity index (χ3v) is 7.11. The number of nitrogens with zero attached hydrogens (tertiary/aromatic N) is 2. The minimum atomic E-state index is -1.04. The molecule has 4 heteroatoms. The lowest BCUT2D eigenvalue weighted by atomic mass is 9.74. The largest absolute Gasteiger partial charge is 0.385 e. The van der Waals surface area contributed by atoms with Gasteiger partial charge in [0.15, 0.2) is 0 Å². The number of benzene rings is 2. The van der Waals surface area contributed by atoms with Crippen molar-refractivity contribution in [2.24, 2.45) is 5.92 Å². The standard InChI is InChI=1S/C27H35FN2O/c1-29-15-17-30(18-16-29)21-25-13-7-6-12-24(19-22-9-3-2-4-10-22)27(25,31)20-23-11-5-8-14-26(23)28/h2-5,8-11,14,19,25,31H,6-7,12-13,15-18,20-21H2,1H3. The number of piperazine rings is 1. The van der Waals surface area contributed by atoms with Crippen molar-refractivity contribution in [3.8, 4) is 0 Å². The van der Waals surface area contributed by atoms with Gasteiger partial charge in [-0.1, -0.05) is 61.0 Å². The molecule has 1 N–H and O–H groups in total. The van der Waals surface area contributed by atoms with Gasteiger partial charge in [-0.05, 0) is 49.1 Å². The molecule has 31 heavy (non-hydrogen) atoms. The molecule has 1 aliphatic heterocycles. The second-order valence-electron chi connectivity index (χ2n) is 9.32. The van der Waals surface area contributed by atoms with Gasteiger partial charge in [0.25, 0.3) is 0 Å². The fraction of sp³-hybridized carbons (Fsp3) is 0.481. The maximum absolute atomic E-state index is 14.7. The Morgan fingerprint density at radius 1 is 1.00 bits per heavy atom. The fourth-order valence-corrected chi connectivity index (χ4v) is 5.15. The molecule has 0 spiro atoms. The van der Waals surface area contributed by atoms with Crippen LogP contribution in [0.5, 0.6) is 0 Å². The average Bonchev–Trinajstić information content (AvgIpc) is 2.92. The lowest BCUT2D eigenvalue weighted by Gasteiger charge is -2.42. The van der Waals surface area contributed by atoms with Crippen LogP contribution >= 0.6 is 0 Å². The Balaban J connectivity index is 1.68. The van der Waals surface area contributed by atoms with Crippen LogP contribution in [0, 0.1) is 11.7 Å². The molecule has 0 radical (unpaired) electrons. The van der Waals surface area contributed by atoms with Crippen LogP contribution in [0.15, 0.2) is 60.2 Å². The molecule has 1 saturated carbocycles. The van der Waals surface area contributed by atoms with Crippen molar-refractivity contribution in [2.45, 2.75) is 37.7 Å². The first-order valence-electron chi connectivity index (χ1n) is 11.7. The van der Waals surface area contributed by atoms with Crippen LogP contribution in [0.4, 0.5) is 4.39 Å². The van der Waals surface area contributed by atoms with Crippen LogP contribution in [0.3, 0.4) is 0 Å². The Labute approximate surface area is 186 Å². The van der Waals surface area contributed by atoms with Crippen LogP contribution in [0.1, 0.15) is 36.8 Å². The Bertz CT molecular complexity index is 876. The van der Waals surface area contributed by atoms with E-state index >= 15 is 0 Å². The van der Waals surface area contributed by atoms with Crippen LogP contribution in [0.2, 0.25) is 0 Å². The summed E-state index contributed by atoms with van der Waals surface area (Å²) in [7, 11) is 2.16. The van der Waals surface area contributed by atoms with Crippen LogP contribution < -0.4 is 0 Å². The van der Waals surface area contributed by atoms with Gasteiger partial charge in [0.05, 0.1) is 5.60 Å². The summed E-state index contributed by atoms with van der Waals surface area (Å²) in [5, 5.41) is 12.3. The average molecular weight is 423 g/mol. The van der Waals surface area contributed by atoms with Crippen LogP contribution in [-0.2, 0) is 6.42 Å². The summed E-state index contributed by atoms with van der Waals surface area (Å²) >= 11 is 0. The second-order valence-corrected chi connectivity index (χ2v) is 9.32. The lowest BCUT2D eigenvalue weighted by Crippen LogP contribution is -2.51. The van der Waals surface area contributed by atoms with E-state index in [2.05, 4.69) is 35.1 Å². The molecule has 166 valence electrons. The molecule has 2 aromatic rings. The zero-order valence-corrected chi connectivity index (χ0v) is 18.6. The lowest BCUT2D eigenvalue weighted by molar-refractivity contribution is -0.00697. The van der Waals surface area contributed by atoms with Gasteiger partial charge in [0, 0.05) is 45.1 Å². The van der Waals surface area contributed by atoms with Gasteiger partial charge in [0.2, 0.25) is 0 Å². The van der Waals surface area contributed by atoms with E-state index in [9.17, 15) is 9.50 Å². The smallest absolute Gasteiger partial charge is 0.126 e. The summed E-state index contributed by atoms with van der Waals surface area (Å²) in [6.07, 6.45) is 6.49. The molecule has 1 aliphatic carbocycles. The van der Waals surface area contributed by atoms with Gasteiger partial charge in [0.1, 0.15) is 5.82 Å². The Kier molecular flexibility index (Phi) is 7.21. The first-order valence-corrected chi connectivity index (χ1v) is 11.7. The molecule has 2 unspecified atom stereocenters. The second kappa shape index (κ2) is 10.1. The van der Waals surface area contributed by atoms with Crippen molar-refractivity contribution in [2.75, 3.05) is 39.8 Å². The number of likely N-dealkylation sites (N-methyl/N-ethyl adjacent to an activating group) is 1. The molecule has 1 heterocycles. The molecule has 2 atom stereocenters. The minimum absolute atomic E-state index is 0.0907. The van der Waals surface area contributed by atoms with Gasteiger partial charge >= 0.3 is 0 Å². The number of rotatable bonds is 5. The highest BCUT2D eigenvalue weighted by molar-refractivity contribution is 5.56. The number of halogens is 1. The van der Waals surface area contributed by atoms with E-state index in [-0.39, 0.29) is 11.7 Å². The highest BCUT2D eigenvalue weighted by Gasteiger charge is 2.42. The number of hydrogen-bond donors (Lipinski definition) is 1. The zero-order chi connectivity index (χ0) is 21.7. The van der Waals surface area contributed by atoms with Gasteiger partial charge in [-0.15, -0.1) is 0 Å². The van der Waals surface area contributed by atoms with Crippen molar-refractivity contribution >= 4 is 6.08 Å². The van der Waals surface area contributed by atoms with Crippen molar-refractivity contribution in [3.05, 3.63) is 77.1 Å². The van der Waals surface area contributed by atoms with Crippen LogP contribution in [0.25, 0.3) is 6.08 Å². The van der Waals surface area contributed by atoms with E-state index in [0.29, 0.717) is 12.0 Å². The Hall–Kier alpha value is -2.01. The molecule has 2 fully saturated rings. The van der Waals surface area contributed by atoms with Crippen molar-refractivity contribution in [1.29, 1.82) is 0 Å². The summed E-state index contributed by atoms with van der Waals surface area (Å²) in [4.78, 5) is 4.85. The van der Waals surface area contributed by atoms with Crippen LogP contribution in [-0.4, -0.2) is 60.3 Å². The predicted molar refractivity (Wildman–Crippen MR) is 125 cm³/mol. The van der Waals surface area contributed by atoms with E-state index < -0.39 is 5.60 Å². The number of aliphatic hydroxyl groups is 1. The number of hydrogen-bond acceptors (Lipinski definition) is 3. The molecule has 0 amide bonds. The van der Waals surface area contributed by atoms with Gasteiger partial charge in [-0.2, -0.15) is 0 Å². The summed E-state index contributed by atoms with van der Waals surface area (Å²) < 4.78 is 14.7. The highest BCUT2D eigenvalue weighted by atomic mass is 19.1. The Morgan fingerprint density at radius 3 is 2.45 bits per heavy atom. The van der Waals surface area contributed by atoms with E-state index in [1.54, 1.807) is 6.07 Å². The quantitative estimate of drug-likeness (QED) is 0.713. The van der Waals surface area contributed by atoms with E-state index in [4.69, 9.17) is 0 Å². The third-order valence-electron chi connectivity index (χ3n) is 7.11. The summed E-state index contributed by atoms with van der Waals surface area (Å²) in [5.74, 6) is -0.134. The topological polar surface area (TPSA) is 26.7 Å². The SMILES string of the molecule is CN1CCN(CC2CCCCC(=Cc3ccccc3)C2(O)Cc2ccccc2F)CC1. The fourth-order valence-electron chi connectivity index (χ4n) is 5.15. The predicted octanol–water partition coefficient (Wildman–Crippen LogP) is 4.62. The summed E-state index contributed by atoms with van der Waals surface area (Å²) in [6.45, 7) is 5.04. The van der Waals surface area contributed by atoms with E-state index in [1.165, 1.54) is 6.07 Å². The molecule has 4 rings (SSSR count). The van der Waals surface area contributed by atoms with E-state index in [1.807, 2.05) is 30.3 Å². The molecule has 0 aromatic heterocycles.